The number of nitrogens with one attached hydrogen (secondary N) is 2. The Balaban J connectivity index is 1.40. The Morgan fingerprint density at radius 2 is 1.61 bits per heavy atom. The average molecular weight is 411 g/mol. The second-order valence-corrected chi connectivity index (χ2v) is 6.82. The van der Waals surface area contributed by atoms with Gasteiger partial charge in [-0.05, 0) is 66.2 Å². The number of hydrogen-bond donors (Lipinski definition) is 3. The van der Waals surface area contributed by atoms with Crippen molar-refractivity contribution >= 4 is 23.1 Å². The summed E-state index contributed by atoms with van der Waals surface area (Å²) >= 11 is 0. The number of phenols is 1. The first-order chi connectivity index (χ1) is 15.2. The zero-order valence-electron chi connectivity index (χ0n) is 16.7. The highest BCUT2D eigenvalue weighted by Gasteiger charge is 2.11. The van der Waals surface area contributed by atoms with E-state index in [0.717, 1.165) is 11.3 Å². The zero-order valence-corrected chi connectivity index (χ0v) is 16.7. The van der Waals surface area contributed by atoms with Crippen LogP contribution in [0.15, 0.2) is 97.2 Å². The molecular weight excluding hydrogens is 390 g/mol. The van der Waals surface area contributed by atoms with Gasteiger partial charge in [0.1, 0.15) is 18.1 Å². The summed E-state index contributed by atoms with van der Waals surface area (Å²) in [6.45, 7) is 0.467. The minimum Gasteiger partial charge on any atom is -0.508 e. The fraction of sp³-hybridized carbons (Fsp3) is 0.0400. The third-order valence-corrected chi connectivity index (χ3v) is 4.55. The van der Waals surface area contributed by atoms with E-state index < -0.39 is 0 Å². The van der Waals surface area contributed by atoms with Gasteiger partial charge in [0.25, 0.3) is 5.91 Å². The minimum atomic E-state index is -0.253. The molecule has 3 aromatic carbocycles. The van der Waals surface area contributed by atoms with Crippen LogP contribution in [0.3, 0.4) is 0 Å². The number of hydrogen-bond acceptors (Lipinski definition) is 5. The Labute approximate surface area is 180 Å². The summed E-state index contributed by atoms with van der Waals surface area (Å²) in [5.74, 6) is 1.12. The van der Waals surface area contributed by atoms with Crippen LogP contribution < -0.4 is 15.4 Å². The van der Waals surface area contributed by atoms with Crippen LogP contribution in [0.4, 0.5) is 17.2 Å². The molecule has 6 heteroatoms. The lowest BCUT2D eigenvalue weighted by Crippen LogP contribution is -2.13. The molecule has 1 aromatic heterocycles. The van der Waals surface area contributed by atoms with Crippen LogP contribution in [0.25, 0.3) is 0 Å². The molecule has 0 saturated carbocycles. The summed E-state index contributed by atoms with van der Waals surface area (Å²) in [6.07, 6.45) is 1.64. The molecule has 0 aliphatic carbocycles. The third-order valence-electron chi connectivity index (χ3n) is 4.55. The number of aromatic nitrogens is 1. The van der Waals surface area contributed by atoms with E-state index >= 15 is 0 Å². The van der Waals surface area contributed by atoms with Gasteiger partial charge in [-0.3, -0.25) is 4.79 Å². The van der Waals surface area contributed by atoms with E-state index in [9.17, 15) is 9.90 Å². The summed E-state index contributed by atoms with van der Waals surface area (Å²) in [6, 6.07) is 27.0. The molecule has 1 heterocycles. The van der Waals surface area contributed by atoms with Crippen LogP contribution >= 0.6 is 0 Å². The highest BCUT2D eigenvalue weighted by Crippen LogP contribution is 2.25. The quantitative estimate of drug-likeness (QED) is 0.357. The first-order valence-electron chi connectivity index (χ1n) is 9.76. The van der Waals surface area contributed by atoms with Gasteiger partial charge in [-0.2, -0.15) is 0 Å². The standard InChI is InChI=1S/C25H21N3O3/c29-21-12-10-20(11-13-21)27-24-23(7-4-16-26-24)28-25(30)19-8-14-22(15-9-19)31-17-18-5-2-1-3-6-18/h1-16,29H,17H2,(H,26,27)(H,28,30). The molecule has 0 bridgehead atoms. The fourth-order valence-corrected chi connectivity index (χ4v) is 2.93. The molecule has 0 spiro atoms. The van der Waals surface area contributed by atoms with Crippen molar-refractivity contribution < 1.29 is 14.6 Å². The lowest BCUT2D eigenvalue weighted by Gasteiger charge is -2.12. The van der Waals surface area contributed by atoms with E-state index in [1.165, 1.54) is 0 Å². The lowest BCUT2D eigenvalue weighted by molar-refractivity contribution is 0.102. The molecular formula is C25H21N3O3. The van der Waals surface area contributed by atoms with Crippen molar-refractivity contribution in [3.63, 3.8) is 0 Å². The van der Waals surface area contributed by atoms with Crippen molar-refractivity contribution in [2.45, 2.75) is 6.61 Å². The molecule has 0 saturated heterocycles. The van der Waals surface area contributed by atoms with Crippen molar-refractivity contribution in [1.29, 1.82) is 0 Å². The van der Waals surface area contributed by atoms with Crippen LogP contribution in [0.5, 0.6) is 11.5 Å². The monoisotopic (exact) mass is 411 g/mol. The number of anilines is 3. The van der Waals surface area contributed by atoms with E-state index in [2.05, 4.69) is 15.6 Å². The molecule has 1 amide bonds. The van der Waals surface area contributed by atoms with Gasteiger partial charge in [-0.25, -0.2) is 4.98 Å². The van der Waals surface area contributed by atoms with Crippen LogP contribution in [-0.2, 0) is 6.61 Å². The van der Waals surface area contributed by atoms with Gasteiger partial charge in [-0.1, -0.05) is 30.3 Å². The molecule has 154 valence electrons. The molecule has 0 aliphatic rings. The molecule has 0 aliphatic heterocycles. The summed E-state index contributed by atoms with van der Waals surface area (Å²) in [7, 11) is 0. The average Bonchev–Trinajstić information content (AvgIpc) is 2.81. The van der Waals surface area contributed by atoms with Crippen molar-refractivity contribution in [2.75, 3.05) is 10.6 Å². The number of pyridine rings is 1. The molecule has 0 unspecified atom stereocenters. The van der Waals surface area contributed by atoms with Crippen molar-refractivity contribution in [2.24, 2.45) is 0 Å². The molecule has 0 atom stereocenters. The van der Waals surface area contributed by atoms with Gasteiger partial charge >= 0.3 is 0 Å². The van der Waals surface area contributed by atoms with Crippen LogP contribution in [0.1, 0.15) is 15.9 Å². The SMILES string of the molecule is O=C(Nc1cccnc1Nc1ccc(O)cc1)c1ccc(OCc2ccccc2)cc1. The maximum atomic E-state index is 12.7. The number of carbonyl (C=O) groups excluding carboxylic acids is 1. The number of rotatable bonds is 7. The van der Waals surface area contributed by atoms with E-state index in [-0.39, 0.29) is 11.7 Å². The molecule has 0 radical (unpaired) electrons. The number of nitrogens with zero attached hydrogens (tertiary/aromatic N) is 1. The van der Waals surface area contributed by atoms with Gasteiger partial charge in [-0.15, -0.1) is 0 Å². The summed E-state index contributed by atoms with van der Waals surface area (Å²) in [5.41, 5.74) is 2.87. The Kier molecular flexibility index (Phi) is 6.09. The molecule has 4 aromatic rings. The van der Waals surface area contributed by atoms with Gasteiger partial charge < -0.3 is 20.5 Å². The van der Waals surface area contributed by atoms with E-state index in [1.54, 1.807) is 66.9 Å². The second-order valence-electron chi connectivity index (χ2n) is 6.82. The normalized spacial score (nSPS) is 10.3. The first kappa shape index (κ1) is 20.0. The number of aromatic hydroxyl groups is 1. The lowest BCUT2D eigenvalue weighted by atomic mass is 10.2. The van der Waals surface area contributed by atoms with Gasteiger partial charge in [0.2, 0.25) is 0 Å². The molecule has 0 fully saturated rings. The predicted octanol–water partition coefficient (Wildman–Crippen LogP) is 5.36. The van der Waals surface area contributed by atoms with Gasteiger partial charge in [0.15, 0.2) is 5.82 Å². The number of carbonyl (C=O) groups is 1. The minimum absolute atomic E-state index is 0.177. The van der Waals surface area contributed by atoms with Crippen LogP contribution in [0.2, 0.25) is 0 Å². The van der Waals surface area contributed by atoms with Crippen molar-refractivity contribution in [3.8, 4) is 11.5 Å². The molecule has 4 rings (SSSR count). The number of phenolic OH excluding ortho intramolecular Hbond substituents is 1. The number of ether oxygens (including phenoxy) is 1. The van der Waals surface area contributed by atoms with Crippen LogP contribution in [-0.4, -0.2) is 16.0 Å². The fourth-order valence-electron chi connectivity index (χ4n) is 2.93. The predicted molar refractivity (Wildman–Crippen MR) is 121 cm³/mol. The van der Waals surface area contributed by atoms with Crippen LogP contribution in [0, 0.1) is 0 Å². The zero-order chi connectivity index (χ0) is 21.5. The maximum Gasteiger partial charge on any atom is 0.255 e. The van der Waals surface area contributed by atoms with Gasteiger partial charge in [0.05, 0.1) is 5.69 Å². The smallest absolute Gasteiger partial charge is 0.255 e. The van der Waals surface area contributed by atoms with Crippen molar-refractivity contribution in [3.05, 3.63) is 108 Å². The maximum absolute atomic E-state index is 12.7. The van der Waals surface area contributed by atoms with E-state index in [1.807, 2.05) is 30.3 Å². The van der Waals surface area contributed by atoms with Gasteiger partial charge in [0, 0.05) is 17.4 Å². The Morgan fingerprint density at radius 1 is 0.871 bits per heavy atom. The summed E-state index contributed by atoms with van der Waals surface area (Å²) in [5, 5.41) is 15.4. The Morgan fingerprint density at radius 3 is 2.35 bits per heavy atom. The highest BCUT2D eigenvalue weighted by atomic mass is 16.5. The summed E-state index contributed by atoms with van der Waals surface area (Å²) < 4.78 is 5.77. The number of benzene rings is 3. The molecule has 6 nitrogen and oxygen atoms in total. The second kappa shape index (κ2) is 9.45. The van der Waals surface area contributed by atoms with E-state index in [0.29, 0.717) is 29.4 Å². The topological polar surface area (TPSA) is 83.5 Å². The molecule has 3 N–H and O–H groups in total. The first-order valence-corrected chi connectivity index (χ1v) is 9.76. The highest BCUT2D eigenvalue weighted by molar-refractivity contribution is 6.05. The number of amides is 1. The Bertz CT molecular complexity index is 1140. The largest absolute Gasteiger partial charge is 0.508 e. The summed E-state index contributed by atoms with van der Waals surface area (Å²) in [4.78, 5) is 17.0. The van der Waals surface area contributed by atoms with E-state index in [4.69, 9.17) is 4.74 Å². The van der Waals surface area contributed by atoms with Crippen molar-refractivity contribution in [1.82, 2.24) is 4.98 Å². The molecule has 31 heavy (non-hydrogen) atoms. The third kappa shape index (κ3) is 5.39. The Hall–Kier alpha value is -4.32.